The first-order valence-corrected chi connectivity index (χ1v) is 15.0. The second-order valence-electron chi connectivity index (χ2n) is 9.48. The van der Waals surface area contributed by atoms with Crippen molar-refractivity contribution in [3.63, 3.8) is 0 Å². The summed E-state index contributed by atoms with van der Waals surface area (Å²) in [6.45, 7) is 3.10. The molecule has 1 aliphatic heterocycles. The maximum atomic E-state index is 6.22. The highest BCUT2D eigenvalue weighted by atomic mass is 79.9. The van der Waals surface area contributed by atoms with Crippen molar-refractivity contribution in [1.82, 2.24) is 15.0 Å². The van der Waals surface area contributed by atoms with Crippen LogP contribution in [-0.2, 0) is 11.3 Å². The summed E-state index contributed by atoms with van der Waals surface area (Å²) in [6, 6.07) is 28.2. The van der Waals surface area contributed by atoms with Gasteiger partial charge in [0.25, 0.3) is 0 Å². The van der Waals surface area contributed by atoms with Gasteiger partial charge in [0.2, 0.25) is 17.8 Å². The van der Waals surface area contributed by atoms with Crippen molar-refractivity contribution < 1.29 is 9.47 Å². The van der Waals surface area contributed by atoms with Crippen LogP contribution in [0.3, 0.4) is 0 Å². The topological polar surface area (TPSA) is 96.8 Å². The molecular formula is C31H27Br2N7O2. The van der Waals surface area contributed by atoms with Crippen LogP contribution in [0.25, 0.3) is 10.8 Å². The number of nitrogens with zero attached hydrogens (tertiary/aromatic N) is 5. The zero-order valence-corrected chi connectivity index (χ0v) is 25.7. The molecule has 4 aromatic carbocycles. The Morgan fingerprint density at radius 2 is 1.57 bits per heavy atom. The molecule has 2 N–H and O–H groups in total. The molecule has 42 heavy (non-hydrogen) atoms. The predicted octanol–water partition coefficient (Wildman–Crippen LogP) is 7.16. The zero-order chi connectivity index (χ0) is 28.7. The fourth-order valence-corrected chi connectivity index (χ4v) is 6.00. The van der Waals surface area contributed by atoms with Crippen molar-refractivity contribution in [1.29, 1.82) is 0 Å². The van der Waals surface area contributed by atoms with Crippen molar-refractivity contribution in [3.8, 4) is 5.75 Å². The number of ether oxygens (including phenoxy) is 2. The van der Waals surface area contributed by atoms with Gasteiger partial charge < -0.3 is 19.7 Å². The van der Waals surface area contributed by atoms with Gasteiger partial charge in [0, 0.05) is 18.8 Å². The lowest BCUT2D eigenvalue weighted by molar-refractivity contribution is 0.122. The summed E-state index contributed by atoms with van der Waals surface area (Å²) in [5.41, 5.74) is 5.81. The molecule has 0 atom stereocenters. The summed E-state index contributed by atoms with van der Waals surface area (Å²) in [6.07, 6.45) is 1.70. The first kappa shape index (κ1) is 28.1. The summed E-state index contributed by atoms with van der Waals surface area (Å²) in [7, 11) is 0. The Morgan fingerprint density at radius 1 is 0.857 bits per heavy atom. The number of benzene rings is 4. The Balaban J connectivity index is 1.17. The summed E-state index contributed by atoms with van der Waals surface area (Å²) in [4.78, 5) is 15.8. The third-order valence-corrected chi connectivity index (χ3v) is 7.78. The first-order valence-electron chi connectivity index (χ1n) is 13.4. The fraction of sp³-hybridized carbons (Fsp3) is 0.161. The van der Waals surface area contributed by atoms with Crippen LogP contribution in [0.4, 0.5) is 23.5 Å². The Labute approximate surface area is 260 Å². The van der Waals surface area contributed by atoms with E-state index in [1.165, 1.54) is 10.8 Å². The van der Waals surface area contributed by atoms with E-state index in [4.69, 9.17) is 9.47 Å². The highest BCUT2D eigenvalue weighted by molar-refractivity contribution is 9.11. The van der Waals surface area contributed by atoms with E-state index < -0.39 is 0 Å². The number of morpholine rings is 1. The Morgan fingerprint density at radius 3 is 2.38 bits per heavy atom. The van der Waals surface area contributed by atoms with Crippen molar-refractivity contribution in [3.05, 3.63) is 105 Å². The molecule has 2 heterocycles. The van der Waals surface area contributed by atoms with Gasteiger partial charge in [-0.1, -0.05) is 60.7 Å². The van der Waals surface area contributed by atoms with E-state index in [9.17, 15) is 0 Å². The average molecular weight is 689 g/mol. The molecule has 1 aromatic heterocycles. The molecule has 0 bridgehead atoms. The van der Waals surface area contributed by atoms with Gasteiger partial charge in [-0.15, -0.1) is 0 Å². The Kier molecular flexibility index (Phi) is 8.88. The van der Waals surface area contributed by atoms with E-state index in [0.29, 0.717) is 50.8 Å². The molecule has 0 radical (unpaired) electrons. The molecule has 1 fully saturated rings. The Bertz CT molecular complexity index is 1680. The molecular weight excluding hydrogens is 662 g/mol. The van der Waals surface area contributed by atoms with Crippen LogP contribution in [0.15, 0.2) is 99.0 Å². The van der Waals surface area contributed by atoms with E-state index in [1.807, 2.05) is 54.6 Å². The molecule has 9 nitrogen and oxygen atoms in total. The molecule has 0 saturated carbocycles. The smallest absolute Gasteiger partial charge is 0.250 e. The van der Waals surface area contributed by atoms with Crippen LogP contribution in [0.1, 0.15) is 11.1 Å². The van der Waals surface area contributed by atoms with E-state index >= 15 is 0 Å². The number of fused-ring (bicyclic) bond motifs is 1. The minimum absolute atomic E-state index is 0.328. The van der Waals surface area contributed by atoms with Crippen LogP contribution in [0.2, 0.25) is 0 Å². The summed E-state index contributed by atoms with van der Waals surface area (Å²) < 4.78 is 13.3. The largest absolute Gasteiger partial charge is 0.487 e. The van der Waals surface area contributed by atoms with Gasteiger partial charge in [0.15, 0.2) is 0 Å². The van der Waals surface area contributed by atoms with Gasteiger partial charge >= 0.3 is 0 Å². The minimum Gasteiger partial charge on any atom is -0.487 e. The van der Waals surface area contributed by atoms with E-state index in [1.54, 1.807) is 6.21 Å². The van der Waals surface area contributed by atoms with Crippen LogP contribution < -0.4 is 20.4 Å². The SMILES string of the molecule is Brc1cc(/C=N\Nc2nc(Nc3ccccc3)nc(N3CCOCC3)n2)cc(Br)c1OCc1cccc2ccccc12. The number of hydrogen-bond donors (Lipinski definition) is 2. The first-order chi connectivity index (χ1) is 20.6. The van der Waals surface area contributed by atoms with Crippen molar-refractivity contribution in [2.75, 3.05) is 41.9 Å². The lowest BCUT2D eigenvalue weighted by Crippen LogP contribution is -2.37. The van der Waals surface area contributed by atoms with Gasteiger partial charge in [0.1, 0.15) is 12.4 Å². The fourth-order valence-electron chi connectivity index (χ4n) is 4.55. The molecule has 6 rings (SSSR count). The minimum atomic E-state index is 0.328. The summed E-state index contributed by atoms with van der Waals surface area (Å²) in [5.74, 6) is 2.03. The number of halogens is 2. The van der Waals surface area contributed by atoms with Gasteiger partial charge in [-0.05, 0) is 78.0 Å². The zero-order valence-electron chi connectivity index (χ0n) is 22.5. The van der Waals surface area contributed by atoms with Crippen molar-refractivity contribution in [2.45, 2.75) is 6.61 Å². The normalized spacial score (nSPS) is 13.4. The molecule has 0 spiro atoms. The average Bonchev–Trinajstić information content (AvgIpc) is 3.01. The number of hydrazone groups is 1. The molecule has 0 amide bonds. The number of hydrogen-bond acceptors (Lipinski definition) is 9. The molecule has 0 aliphatic carbocycles. The lowest BCUT2D eigenvalue weighted by Gasteiger charge is -2.27. The highest BCUT2D eigenvalue weighted by Crippen LogP contribution is 2.35. The van der Waals surface area contributed by atoms with Crippen LogP contribution >= 0.6 is 31.9 Å². The maximum absolute atomic E-state index is 6.22. The van der Waals surface area contributed by atoms with E-state index in [2.05, 4.69) is 97.9 Å². The van der Waals surface area contributed by atoms with Gasteiger partial charge in [-0.3, -0.25) is 0 Å². The number of rotatable bonds is 9. The molecule has 1 saturated heterocycles. The number of anilines is 4. The second kappa shape index (κ2) is 13.3. The van der Waals surface area contributed by atoms with Crippen LogP contribution in [0.5, 0.6) is 5.75 Å². The standard InChI is InChI=1S/C31H27Br2N7O2/c32-26-17-21(18-27(33)28(26)42-20-23-9-6-8-22-7-4-5-12-25(22)23)19-34-39-30-36-29(35-24-10-2-1-3-11-24)37-31(38-30)40-13-15-41-16-14-40/h1-12,17-19H,13-16,20H2,(H2,35,36,37,38,39)/b34-19-. The summed E-state index contributed by atoms with van der Waals surface area (Å²) in [5, 5.41) is 10.0. The third kappa shape index (κ3) is 6.87. The number of para-hydroxylation sites is 1. The van der Waals surface area contributed by atoms with Gasteiger partial charge in [0.05, 0.1) is 28.4 Å². The summed E-state index contributed by atoms with van der Waals surface area (Å²) >= 11 is 7.32. The maximum Gasteiger partial charge on any atom is 0.250 e. The number of aromatic nitrogens is 3. The Hall–Kier alpha value is -4.06. The van der Waals surface area contributed by atoms with E-state index in [-0.39, 0.29) is 0 Å². The highest BCUT2D eigenvalue weighted by Gasteiger charge is 2.17. The molecule has 0 unspecified atom stereocenters. The second-order valence-corrected chi connectivity index (χ2v) is 11.2. The van der Waals surface area contributed by atoms with Gasteiger partial charge in [-0.2, -0.15) is 20.1 Å². The van der Waals surface area contributed by atoms with E-state index in [0.717, 1.165) is 31.5 Å². The van der Waals surface area contributed by atoms with Crippen LogP contribution in [-0.4, -0.2) is 47.5 Å². The van der Waals surface area contributed by atoms with Crippen molar-refractivity contribution >= 4 is 72.4 Å². The monoisotopic (exact) mass is 687 g/mol. The molecule has 1 aliphatic rings. The predicted molar refractivity (Wildman–Crippen MR) is 174 cm³/mol. The van der Waals surface area contributed by atoms with Gasteiger partial charge in [-0.25, -0.2) is 5.43 Å². The third-order valence-electron chi connectivity index (χ3n) is 6.60. The lowest BCUT2D eigenvalue weighted by atomic mass is 10.1. The van der Waals surface area contributed by atoms with Crippen molar-refractivity contribution in [2.24, 2.45) is 5.10 Å². The molecule has 212 valence electrons. The van der Waals surface area contributed by atoms with Crippen LogP contribution in [0, 0.1) is 0 Å². The molecule has 5 aromatic rings. The number of nitrogens with one attached hydrogen (secondary N) is 2. The quantitative estimate of drug-likeness (QED) is 0.125. The molecule has 11 heteroatoms.